The Balaban J connectivity index is 1.13. The quantitative estimate of drug-likeness (QED) is 0.166. The molecule has 2 bridgehead atoms. The number of rotatable bonds is 10. The Morgan fingerprint density at radius 1 is 0.831 bits per heavy atom. The van der Waals surface area contributed by atoms with Crippen LogP contribution in [0.2, 0.25) is 0 Å². The third-order valence-electron chi connectivity index (χ3n) is 17.2. The van der Waals surface area contributed by atoms with E-state index in [1.807, 2.05) is 33.8 Å². The third kappa shape index (κ3) is 6.53. The van der Waals surface area contributed by atoms with Crippen LogP contribution in [-0.2, 0) is 52.3 Å². The molecule has 3 aliphatic heterocycles. The largest absolute Gasteiger partial charge is 0.497 e. The highest BCUT2D eigenvalue weighted by Gasteiger charge is 3.02. The van der Waals surface area contributed by atoms with Gasteiger partial charge in [-0.05, 0) is 56.0 Å². The highest BCUT2D eigenvalue weighted by molar-refractivity contribution is 5.89. The van der Waals surface area contributed by atoms with Crippen molar-refractivity contribution in [2.24, 2.45) is 34.0 Å². The van der Waals surface area contributed by atoms with E-state index in [1.165, 1.54) is 33.0 Å². The highest BCUT2D eigenvalue weighted by atomic mass is 16.7. The Morgan fingerprint density at radius 3 is 2.10 bits per heavy atom. The van der Waals surface area contributed by atoms with Gasteiger partial charge in [0.05, 0.1) is 43.8 Å². The second kappa shape index (κ2) is 16.6. The van der Waals surface area contributed by atoms with E-state index in [2.05, 4.69) is 0 Å². The van der Waals surface area contributed by atoms with Gasteiger partial charge in [0.25, 0.3) is 0 Å². The Morgan fingerprint density at radius 2 is 1.51 bits per heavy atom. The molecule has 4 saturated carbocycles. The van der Waals surface area contributed by atoms with Gasteiger partial charge in [-0.15, -0.1) is 0 Å². The van der Waals surface area contributed by atoms with Gasteiger partial charge >= 0.3 is 30.0 Å². The van der Waals surface area contributed by atoms with Gasteiger partial charge in [0.2, 0.25) is 0 Å². The lowest BCUT2D eigenvalue weighted by molar-refractivity contribution is -0.408. The molecule has 17 heteroatoms. The fourth-order valence-corrected chi connectivity index (χ4v) is 14.9. The number of amides is 1. The maximum absolute atomic E-state index is 15.6. The summed E-state index contributed by atoms with van der Waals surface area (Å²) in [6.45, 7) is 15.5. The van der Waals surface area contributed by atoms with Crippen LogP contribution in [-0.4, -0.2) is 120 Å². The zero-order valence-electron chi connectivity index (χ0n) is 41.9. The summed E-state index contributed by atoms with van der Waals surface area (Å²) < 4.78 is 64.2. The summed E-state index contributed by atoms with van der Waals surface area (Å²) in [5.74, 6) is -4.17. The number of ether oxygens (including phenoxy) is 10. The van der Waals surface area contributed by atoms with E-state index < -0.39 is 136 Å². The number of esters is 4. The second-order valence-corrected chi connectivity index (χ2v) is 22.0. The average Bonchev–Trinajstić information content (AvgIpc) is 3.76. The first-order valence-electron chi connectivity index (χ1n) is 24.3. The van der Waals surface area contributed by atoms with Crippen LogP contribution in [0.15, 0.2) is 78.9 Å². The van der Waals surface area contributed by atoms with Gasteiger partial charge in [-0.2, -0.15) is 0 Å². The standard InChI is InChI=1S/C54H63NO16/c1-27-37-42(65-28(2)56)54-51(9)35(58)25-36-52(26-64-36,69-29(3)57)41(51)44(68-46(59)31-20-16-13-17-21-31)53(54,50(37,7)8)43(70-54)39(27)67-47(60)40-38(30-18-14-12-15-19-30)55(48(61)71-49(4,5)6)45(66-40)33-23-22-32(62-10)24-34(33)63-11/h12-24,27,35-45,58H,25-26H2,1-11H3/t27-,35+,36-,37-,38+,39+,40-,41+,42-,43-,44+,45?,51-,52+,53+,54-/m1/s1. The lowest BCUT2D eigenvalue weighted by Crippen LogP contribution is -2.82. The van der Waals surface area contributed by atoms with Crippen LogP contribution in [0.1, 0.15) is 102 Å². The average molecular weight is 982 g/mol. The first-order valence-corrected chi connectivity index (χ1v) is 24.3. The first-order chi connectivity index (χ1) is 33.5. The summed E-state index contributed by atoms with van der Waals surface area (Å²) in [5, 5.41) is 12.7. The molecule has 1 amide bonds. The molecular formula is C54H63NO16. The number of hydrogen-bond acceptors (Lipinski definition) is 16. The highest BCUT2D eigenvalue weighted by Crippen LogP contribution is 2.89. The van der Waals surface area contributed by atoms with E-state index in [1.54, 1.807) is 93.6 Å². The number of aliphatic hydroxyl groups excluding tert-OH is 1. The second-order valence-electron chi connectivity index (χ2n) is 22.0. The molecule has 0 radical (unpaired) electrons. The van der Waals surface area contributed by atoms with Crippen molar-refractivity contribution in [2.45, 2.75) is 141 Å². The molecule has 7 aliphatic rings. The Bertz CT molecular complexity index is 2640. The zero-order chi connectivity index (χ0) is 51.0. The minimum Gasteiger partial charge on any atom is -0.497 e. The molecule has 0 aromatic heterocycles. The van der Waals surface area contributed by atoms with Gasteiger partial charge in [-0.3, -0.25) is 14.5 Å². The number of benzene rings is 3. The van der Waals surface area contributed by atoms with Crippen molar-refractivity contribution < 1.29 is 76.4 Å². The molecule has 3 heterocycles. The van der Waals surface area contributed by atoms with Gasteiger partial charge in [0.15, 0.2) is 17.9 Å². The molecule has 1 unspecified atom stereocenters. The monoisotopic (exact) mass is 981 g/mol. The summed E-state index contributed by atoms with van der Waals surface area (Å²) in [5.41, 5.74) is -6.54. The van der Waals surface area contributed by atoms with Crippen molar-refractivity contribution in [2.75, 3.05) is 20.8 Å². The molecule has 3 aromatic carbocycles. The topological polar surface area (TPSA) is 201 Å². The van der Waals surface area contributed by atoms with Crippen LogP contribution in [0.5, 0.6) is 11.5 Å². The van der Waals surface area contributed by atoms with Crippen molar-refractivity contribution in [1.82, 2.24) is 4.90 Å². The number of fused-ring (bicyclic) bond motifs is 4. The fraction of sp³-hybridized carbons (Fsp3) is 0.574. The molecule has 3 aromatic rings. The number of methoxy groups -OCH3 is 2. The minimum atomic E-state index is -1.60. The number of carbonyl (C=O) groups is 5. The maximum Gasteiger partial charge on any atom is 0.413 e. The predicted molar refractivity (Wildman–Crippen MR) is 248 cm³/mol. The van der Waals surface area contributed by atoms with Crippen molar-refractivity contribution in [3.63, 3.8) is 0 Å². The van der Waals surface area contributed by atoms with Crippen LogP contribution in [0.25, 0.3) is 0 Å². The maximum atomic E-state index is 15.6. The molecule has 3 saturated heterocycles. The Kier molecular flexibility index (Phi) is 11.5. The fourth-order valence-electron chi connectivity index (χ4n) is 14.9. The molecule has 4 aliphatic carbocycles. The molecular weight excluding hydrogens is 919 g/mol. The van der Waals surface area contributed by atoms with Crippen molar-refractivity contribution in [3.05, 3.63) is 95.6 Å². The number of aliphatic hydroxyl groups is 1. The summed E-state index contributed by atoms with van der Waals surface area (Å²) in [6, 6.07) is 21.4. The van der Waals surface area contributed by atoms with E-state index in [0.29, 0.717) is 22.6 Å². The van der Waals surface area contributed by atoms with E-state index >= 15 is 4.79 Å². The van der Waals surface area contributed by atoms with Gasteiger partial charge in [-0.1, -0.05) is 76.2 Å². The Hall–Kier alpha value is -5.75. The molecule has 16 atom stereocenters. The lowest BCUT2D eigenvalue weighted by atomic mass is 9.46. The van der Waals surface area contributed by atoms with Crippen LogP contribution in [0.3, 0.4) is 0 Å². The van der Waals surface area contributed by atoms with Crippen molar-refractivity contribution in [3.8, 4) is 11.5 Å². The van der Waals surface area contributed by atoms with Crippen LogP contribution in [0, 0.1) is 34.0 Å². The van der Waals surface area contributed by atoms with E-state index in [0.717, 1.165) is 0 Å². The molecule has 71 heavy (non-hydrogen) atoms. The van der Waals surface area contributed by atoms with Gasteiger partial charge < -0.3 is 52.5 Å². The summed E-state index contributed by atoms with van der Waals surface area (Å²) >= 11 is 0. The van der Waals surface area contributed by atoms with E-state index in [9.17, 15) is 24.3 Å². The molecule has 1 spiro atoms. The van der Waals surface area contributed by atoms with Crippen LogP contribution >= 0.6 is 0 Å². The number of nitrogens with zero attached hydrogens (tertiary/aromatic N) is 1. The summed E-state index contributed by atoms with van der Waals surface area (Å²) in [4.78, 5) is 73.0. The summed E-state index contributed by atoms with van der Waals surface area (Å²) in [7, 11) is 2.99. The minimum absolute atomic E-state index is 0.0333. The Labute approximate surface area is 412 Å². The number of carbonyl (C=O) groups excluding carboxylic acids is 5. The van der Waals surface area contributed by atoms with Crippen LogP contribution in [0.4, 0.5) is 4.79 Å². The normalized spacial score (nSPS) is 38.7. The summed E-state index contributed by atoms with van der Waals surface area (Å²) in [6.07, 6.45) is -9.95. The molecule has 380 valence electrons. The predicted octanol–water partition coefficient (Wildman–Crippen LogP) is 6.68. The van der Waals surface area contributed by atoms with Gasteiger partial charge in [-0.25, -0.2) is 14.4 Å². The van der Waals surface area contributed by atoms with Gasteiger partial charge in [0.1, 0.15) is 59.3 Å². The SMILES string of the molecule is COc1ccc(C2O[C@@H](C(=O)O[C@H]3[C@H](C)[C@@H]4[C@@H](OC(C)=O)[C@]56O[C@H]3[C@]5([C@@H](OC(=O)c3ccccc3)[C@@H]3[C@]5(OC(C)=O)CO[C@@H]5C[C@H](O)[C@]36C)C4(C)C)[C@H](c3ccccc3)N2C(=O)OC(C)(C)C)c(OC)c1. The third-order valence-corrected chi connectivity index (χ3v) is 17.2. The van der Waals surface area contributed by atoms with Crippen molar-refractivity contribution in [1.29, 1.82) is 0 Å². The molecule has 1 N–H and O–H groups in total. The smallest absolute Gasteiger partial charge is 0.413 e. The first kappa shape index (κ1) is 48.9. The molecule has 7 fully saturated rings. The molecule has 10 rings (SSSR count). The van der Waals surface area contributed by atoms with Crippen molar-refractivity contribution >= 4 is 30.0 Å². The van der Waals surface area contributed by atoms with E-state index in [-0.39, 0.29) is 18.6 Å². The zero-order valence-corrected chi connectivity index (χ0v) is 41.9. The van der Waals surface area contributed by atoms with E-state index in [4.69, 9.17) is 47.4 Å². The lowest BCUT2D eigenvalue weighted by Gasteiger charge is -2.69. The molecule has 17 nitrogen and oxygen atoms in total. The van der Waals surface area contributed by atoms with Gasteiger partial charge in [0, 0.05) is 49.1 Å². The number of hydrogen-bond donors (Lipinski definition) is 1. The van der Waals surface area contributed by atoms with Crippen LogP contribution < -0.4 is 9.47 Å².